The molecule has 132 valence electrons. The fourth-order valence-electron chi connectivity index (χ4n) is 2.96. The first-order valence-corrected chi connectivity index (χ1v) is 8.40. The maximum atomic E-state index is 12.6. The second-order valence-corrected chi connectivity index (χ2v) is 6.00. The Hall–Kier alpha value is -2.60. The van der Waals surface area contributed by atoms with Gasteiger partial charge in [-0.1, -0.05) is 18.2 Å². The van der Waals surface area contributed by atoms with Gasteiger partial charge in [-0.25, -0.2) is 0 Å². The maximum absolute atomic E-state index is 12.6. The van der Waals surface area contributed by atoms with E-state index in [2.05, 4.69) is 0 Å². The highest BCUT2D eigenvalue weighted by Gasteiger charge is 2.25. The summed E-state index contributed by atoms with van der Waals surface area (Å²) < 4.78 is 10.5. The first-order valence-electron chi connectivity index (χ1n) is 8.40. The average molecular weight is 342 g/mol. The zero-order valence-corrected chi connectivity index (χ0v) is 14.3. The largest absolute Gasteiger partial charge is 0.453 e. The molecule has 2 heterocycles. The Labute approximate surface area is 147 Å². The van der Waals surface area contributed by atoms with Gasteiger partial charge >= 0.3 is 0 Å². The van der Waals surface area contributed by atoms with Gasteiger partial charge in [-0.05, 0) is 30.7 Å². The number of nitrogens with zero attached hydrogens (tertiary/aromatic N) is 2. The van der Waals surface area contributed by atoms with Crippen LogP contribution >= 0.6 is 0 Å². The van der Waals surface area contributed by atoms with Gasteiger partial charge in [0.2, 0.25) is 0 Å². The van der Waals surface area contributed by atoms with E-state index in [0.29, 0.717) is 49.9 Å². The summed E-state index contributed by atoms with van der Waals surface area (Å²) in [5.41, 5.74) is 0.678. The molecule has 0 atom stereocenters. The monoisotopic (exact) mass is 342 g/mol. The predicted molar refractivity (Wildman–Crippen MR) is 92.3 cm³/mol. The van der Waals surface area contributed by atoms with Gasteiger partial charge in [0.25, 0.3) is 11.8 Å². The number of hydrogen-bond acceptors (Lipinski definition) is 4. The van der Waals surface area contributed by atoms with Gasteiger partial charge in [-0.2, -0.15) is 0 Å². The van der Waals surface area contributed by atoms with Gasteiger partial charge in [0.05, 0.1) is 0 Å². The lowest BCUT2D eigenvalue weighted by Crippen LogP contribution is -2.37. The first kappa shape index (κ1) is 17.2. The second-order valence-electron chi connectivity index (χ2n) is 6.00. The van der Waals surface area contributed by atoms with Crippen LogP contribution in [0.5, 0.6) is 0 Å². The fourth-order valence-corrected chi connectivity index (χ4v) is 2.96. The molecule has 2 amide bonds. The van der Waals surface area contributed by atoms with Gasteiger partial charge in [-0.3, -0.25) is 9.59 Å². The molecular weight excluding hydrogens is 320 g/mol. The summed E-state index contributed by atoms with van der Waals surface area (Å²) in [6.07, 6.45) is 0.746. The van der Waals surface area contributed by atoms with Crippen LogP contribution in [0.4, 0.5) is 0 Å². The van der Waals surface area contributed by atoms with E-state index in [1.165, 1.54) is 0 Å². The van der Waals surface area contributed by atoms with Crippen LogP contribution in [0, 0.1) is 0 Å². The molecule has 0 unspecified atom stereocenters. The van der Waals surface area contributed by atoms with Gasteiger partial charge in [0.15, 0.2) is 5.76 Å². The van der Waals surface area contributed by atoms with Crippen LogP contribution in [-0.2, 0) is 11.3 Å². The number of benzene rings is 1. The van der Waals surface area contributed by atoms with Crippen LogP contribution < -0.4 is 0 Å². The number of carbonyl (C=O) groups excluding carboxylic acids is 2. The molecule has 1 saturated heterocycles. The minimum atomic E-state index is -0.142. The molecule has 1 aliphatic heterocycles. The molecule has 0 spiro atoms. The fraction of sp³-hybridized carbons (Fsp3) is 0.368. The van der Waals surface area contributed by atoms with Crippen LogP contribution in [0.1, 0.15) is 33.1 Å². The van der Waals surface area contributed by atoms with Crippen molar-refractivity contribution in [3.05, 3.63) is 59.5 Å². The average Bonchev–Trinajstić information content (AvgIpc) is 2.97. The van der Waals surface area contributed by atoms with Crippen molar-refractivity contribution in [2.45, 2.75) is 13.0 Å². The van der Waals surface area contributed by atoms with Crippen molar-refractivity contribution in [3.8, 4) is 0 Å². The maximum Gasteiger partial charge on any atom is 0.289 e. The molecule has 0 N–H and O–H groups in total. The van der Waals surface area contributed by atoms with Crippen LogP contribution in [0.2, 0.25) is 0 Å². The Morgan fingerprint density at radius 1 is 0.960 bits per heavy atom. The van der Waals surface area contributed by atoms with Crippen molar-refractivity contribution in [2.24, 2.45) is 0 Å². The van der Waals surface area contributed by atoms with Gasteiger partial charge in [0.1, 0.15) is 12.4 Å². The van der Waals surface area contributed by atoms with Crippen molar-refractivity contribution < 1.29 is 18.7 Å². The van der Waals surface area contributed by atoms with Crippen molar-refractivity contribution in [1.29, 1.82) is 0 Å². The molecule has 1 fully saturated rings. The number of amides is 2. The molecule has 1 aromatic carbocycles. The Bertz CT molecular complexity index is 726. The molecule has 3 rings (SSSR count). The van der Waals surface area contributed by atoms with Crippen molar-refractivity contribution >= 4 is 11.8 Å². The Balaban J connectivity index is 1.62. The standard InChI is InChI=1S/C19H22N2O4/c1-24-14-16-8-9-17(25-16)19(23)21-11-5-10-20(12-13-21)18(22)15-6-3-2-4-7-15/h2-4,6-9H,5,10-14H2,1H3. The molecule has 0 aliphatic carbocycles. The smallest absolute Gasteiger partial charge is 0.289 e. The van der Waals surface area contributed by atoms with Gasteiger partial charge in [-0.15, -0.1) is 0 Å². The number of rotatable bonds is 4. The first-order chi connectivity index (χ1) is 12.2. The highest BCUT2D eigenvalue weighted by atomic mass is 16.5. The molecule has 6 heteroatoms. The minimum absolute atomic E-state index is 0.00952. The number of hydrogen-bond donors (Lipinski definition) is 0. The van der Waals surface area contributed by atoms with E-state index in [1.807, 2.05) is 30.3 Å². The summed E-state index contributed by atoms with van der Waals surface area (Å²) in [6.45, 7) is 2.61. The third kappa shape index (κ3) is 4.09. The number of ether oxygens (including phenoxy) is 1. The van der Waals surface area contributed by atoms with Crippen LogP contribution in [0.15, 0.2) is 46.9 Å². The van der Waals surface area contributed by atoms with Crippen LogP contribution in [-0.4, -0.2) is 54.9 Å². The molecule has 0 bridgehead atoms. The van der Waals surface area contributed by atoms with E-state index in [1.54, 1.807) is 29.0 Å². The number of furan rings is 1. The predicted octanol–water partition coefficient (Wildman–Crippen LogP) is 2.41. The minimum Gasteiger partial charge on any atom is -0.453 e. The van der Waals surface area contributed by atoms with E-state index in [9.17, 15) is 9.59 Å². The molecule has 1 aliphatic rings. The topological polar surface area (TPSA) is 63.0 Å². The molecule has 0 saturated carbocycles. The Morgan fingerprint density at radius 2 is 1.64 bits per heavy atom. The highest BCUT2D eigenvalue weighted by molar-refractivity contribution is 5.94. The second kappa shape index (κ2) is 7.98. The summed E-state index contributed by atoms with van der Waals surface area (Å²) in [6, 6.07) is 12.7. The van der Waals surface area contributed by atoms with E-state index >= 15 is 0 Å². The Morgan fingerprint density at radius 3 is 2.32 bits per heavy atom. The van der Waals surface area contributed by atoms with E-state index in [4.69, 9.17) is 9.15 Å². The van der Waals surface area contributed by atoms with Crippen molar-refractivity contribution in [2.75, 3.05) is 33.3 Å². The quantitative estimate of drug-likeness (QED) is 0.856. The molecule has 2 aromatic rings. The SMILES string of the molecule is COCc1ccc(C(=O)N2CCCN(C(=O)c3ccccc3)CC2)o1. The van der Waals surface area contributed by atoms with Crippen LogP contribution in [0.25, 0.3) is 0 Å². The Kier molecular flexibility index (Phi) is 5.50. The highest BCUT2D eigenvalue weighted by Crippen LogP contribution is 2.15. The summed E-state index contributed by atoms with van der Waals surface area (Å²) in [5, 5.41) is 0. The molecule has 0 radical (unpaired) electrons. The number of carbonyl (C=O) groups is 2. The summed E-state index contributed by atoms with van der Waals surface area (Å²) in [4.78, 5) is 28.7. The van der Waals surface area contributed by atoms with E-state index in [-0.39, 0.29) is 11.8 Å². The molecular formula is C19H22N2O4. The van der Waals surface area contributed by atoms with Crippen molar-refractivity contribution in [1.82, 2.24) is 9.80 Å². The summed E-state index contributed by atoms with van der Waals surface area (Å²) in [7, 11) is 1.58. The molecule has 1 aromatic heterocycles. The normalized spacial score (nSPS) is 15.1. The zero-order chi connectivity index (χ0) is 17.6. The summed E-state index contributed by atoms with van der Waals surface area (Å²) in [5.74, 6) is 0.808. The lowest BCUT2D eigenvalue weighted by molar-refractivity contribution is 0.0695. The lowest BCUT2D eigenvalue weighted by Gasteiger charge is -2.21. The van der Waals surface area contributed by atoms with Gasteiger partial charge in [0, 0.05) is 38.9 Å². The third-order valence-corrected chi connectivity index (χ3v) is 4.25. The number of methoxy groups -OCH3 is 1. The zero-order valence-electron chi connectivity index (χ0n) is 14.3. The van der Waals surface area contributed by atoms with Gasteiger partial charge < -0.3 is 19.0 Å². The van der Waals surface area contributed by atoms with Crippen molar-refractivity contribution in [3.63, 3.8) is 0 Å². The molecule has 25 heavy (non-hydrogen) atoms. The summed E-state index contributed by atoms with van der Waals surface area (Å²) >= 11 is 0. The van der Waals surface area contributed by atoms with Crippen LogP contribution in [0.3, 0.4) is 0 Å². The lowest BCUT2D eigenvalue weighted by atomic mass is 10.2. The third-order valence-electron chi connectivity index (χ3n) is 4.25. The molecule has 6 nitrogen and oxygen atoms in total. The van der Waals surface area contributed by atoms with E-state index in [0.717, 1.165) is 6.42 Å². The van der Waals surface area contributed by atoms with E-state index < -0.39 is 0 Å².